The average Bonchev–Trinajstić information content (AvgIpc) is 3.16. The molecule has 1 atom stereocenters. The molecule has 28 heavy (non-hydrogen) atoms. The van der Waals surface area contributed by atoms with Gasteiger partial charge in [-0.15, -0.1) is 5.10 Å². The molecule has 0 spiro atoms. The molecule has 0 aliphatic carbocycles. The largest absolute Gasteiger partial charge is 0.349 e. The Bertz CT molecular complexity index is 900. The number of rotatable bonds is 8. The van der Waals surface area contributed by atoms with Gasteiger partial charge in [-0.2, -0.15) is 4.68 Å². The predicted octanol–water partition coefficient (Wildman–Crippen LogP) is 1.41. The standard InChI is InChI=1S/C19H21ClN6OS/c1-25(2)17(14-6-4-3-5-7-14)12-21-18(27)13-28-19-22-23-24-26(19)16-10-8-15(20)9-11-16/h3-11,17H,12-13H2,1-2H3,(H,21,27)/p+1/t17-/m0/s1. The zero-order valence-corrected chi connectivity index (χ0v) is 17.2. The van der Waals surface area contributed by atoms with Gasteiger partial charge in [-0.3, -0.25) is 4.79 Å². The summed E-state index contributed by atoms with van der Waals surface area (Å²) >= 11 is 7.21. The second-order valence-corrected chi connectivity index (χ2v) is 7.86. The second kappa shape index (κ2) is 9.68. The number of hydrogen-bond donors (Lipinski definition) is 2. The SMILES string of the molecule is C[NH+](C)[C@@H](CNC(=O)CSc1nnnn1-c1ccc(Cl)cc1)c1ccccc1. The lowest BCUT2D eigenvalue weighted by molar-refractivity contribution is -0.890. The van der Waals surface area contributed by atoms with Crippen LogP contribution in [0.3, 0.4) is 0 Å². The van der Waals surface area contributed by atoms with Crippen molar-refractivity contribution in [2.24, 2.45) is 0 Å². The fourth-order valence-electron chi connectivity index (χ4n) is 2.75. The third-order valence-corrected chi connectivity index (χ3v) is 5.42. The van der Waals surface area contributed by atoms with Gasteiger partial charge in [0.15, 0.2) is 0 Å². The van der Waals surface area contributed by atoms with Crippen molar-refractivity contribution in [3.63, 3.8) is 0 Å². The number of halogens is 1. The molecule has 3 rings (SSSR count). The molecule has 7 nitrogen and oxygen atoms in total. The van der Waals surface area contributed by atoms with Gasteiger partial charge < -0.3 is 10.2 Å². The third-order valence-electron chi connectivity index (χ3n) is 4.25. The normalized spacial score (nSPS) is 12.1. The first-order chi connectivity index (χ1) is 13.5. The van der Waals surface area contributed by atoms with Crippen LogP contribution in [0.25, 0.3) is 5.69 Å². The lowest BCUT2D eigenvalue weighted by atomic mass is 10.1. The second-order valence-electron chi connectivity index (χ2n) is 6.48. The number of benzene rings is 2. The lowest BCUT2D eigenvalue weighted by Gasteiger charge is -2.22. The van der Waals surface area contributed by atoms with E-state index in [1.165, 1.54) is 22.2 Å². The van der Waals surface area contributed by atoms with Crippen LogP contribution in [0.4, 0.5) is 0 Å². The van der Waals surface area contributed by atoms with Crippen molar-refractivity contribution in [2.75, 3.05) is 26.4 Å². The zero-order valence-electron chi connectivity index (χ0n) is 15.7. The maximum Gasteiger partial charge on any atom is 0.230 e. The smallest absolute Gasteiger partial charge is 0.230 e. The molecule has 3 aromatic rings. The van der Waals surface area contributed by atoms with E-state index in [0.29, 0.717) is 16.7 Å². The Kier molecular flexibility index (Phi) is 7.02. The van der Waals surface area contributed by atoms with Crippen LogP contribution in [0, 0.1) is 0 Å². The summed E-state index contributed by atoms with van der Waals surface area (Å²) in [6.07, 6.45) is 0. The van der Waals surface area contributed by atoms with Crippen molar-refractivity contribution in [3.05, 3.63) is 65.2 Å². The summed E-state index contributed by atoms with van der Waals surface area (Å²) in [6, 6.07) is 17.6. The molecule has 0 aliphatic rings. The first kappa shape index (κ1) is 20.3. The molecule has 0 aliphatic heterocycles. The summed E-state index contributed by atoms with van der Waals surface area (Å²) in [5.41, 5.74) is 1.99. The topological polar surface area (TPSA) is 77.1 Å². The van der Waals surface area contributed by atoms with E-state index < -0.39 is 0 Å². The number of nitrogens with one attached hydrogen (secondary N) is 2. The first-order valence-corrected chi connectivity index (χ1v) is 10.2. The number of hydrogen-bond acceptors (Lipinski definition) is 5. The summed E-state index contributed by atoms with van der Waals surface area (Å²) in [5, 5.41) is 15.9. The van der Waals surface area contributed by atoms with Crippen molar-refractivity contribution in [3.8, 4) is 5.69 Å². The molecule has 9 heteroatoms. The Labute approximate surface area is 173 Å². The van der Waals surface area contributed by atoms with Crippen molar-refractivity contribution in [1.82, 2.24) is 25.5 Å². The molecule has 1 heterocycles. The van der Waals surface area contributed by atoms with Crippen LogP contribution in [-0.4, -0.2) is 52.5 Å². The van der Waals surface area contributed by atoms with E-state index in [9.17, 15) is 4.79 Å². The van der Waals surface area contributed by atoms with E-state index in [1.807, 2.05) is 30.3 Å². The van der Waals surface area contributed by atoms with Crippen molar-refractivity contribution >= 4 is 29.3 Å². The van der Waals surface area contributed by atoms with Gasteiger partial charge in [0.05, 0.1) is 32.1 Å². The summed E-state index contributed by atoms with van der Waals surface area (Å²) in [7, 11) is 4.16. The summed E-state index contributed by atoms with van der Waals surface area (Å²) in [4.78, 5) is 13.6. The maximum absolute atomic E-state index is 12.4. The van der Waals surface area contributed by atoms with Crippen molar-refractivity contribution in [2.45, 2.75) is 11.2 Å². The zero-order chi connectivity index (χ0) is 19.9. The van der Waals surface area contributed by atoms with Gasteiger partial charge in [-0.25, -0.2) is 0 Å². The van der Waals surface area contributed by atoms with Crippen LogP contribution in [0.1, 0.15) is 11.6 Å². The number of tetrazole rings is 1. The number of likely N-dealkylation sites (N-methyl/N-ethyl adjacent to an activating group) is 1. The van der Waals surface area contributed by atoms with E-state index >= 15 is 0 Å². The molecular formula is C19H22ClN6OS+. The van der Waals surface area contributed by atoms with Gasteiger partial charge in [-0.1, -0.05) is 53.7 Å². The minimum absolute atomic E-state index is 0.0576. The van der Waals surface area contributed by atoms with Gasteiger partial charge in [-0.05, 0) is 34.7 Å². The van der Waals surface area contributed by atoms with Crippen LogP contribution >= 0.6 is 23.4 Å². The monoisotopic (exact) mass is 417 g/mol. The highest BCUT2D eigenvalue weighted by atomic mass is 35.5. The fraction of sp³-hybridized carbons (Fsp3) is 0.263. The number of nitrogens with zero attached hydrogens (tertiary/aromatic N) is 4. The number of amides is 1. The Morgan fingerprint density at radius 3 is 2.57 bits per heavy atom. The Morgan fingerprint density at radius 1 is 1.18 bits per heavy atom. The third kappa shape index (κ3) is 5.31. The van der Waals surface area contributed by atoms with Gasteiger partial charge in [0, 0.05) is 10.6 Å². The number of quaternary nitrogens is 1. The van der Waals surface area contributed by atoms with E-state index in [2.05, 4.69) is 47.1 Å². The Hall–Kier alpha value is -2.42. The van der Waals surface area contributed by atoms with Crippen LogP contribution in [0.5, 0.6) is 0 Å². The van der Waals surface area contributed by atoms with E-state index in [1.54, 1.807) is 16.8 Å². The molecule has 1 amide bonds. The molecule has 2 N–H and O–H groups in total. The van der Waals surface area contributed by atoms with E-state index in [0.717, 1.165) is 5.69 Å². The van der Waals surface area contributed by atoms with Gasteiger partial charge in [0.1, 0.15) is 6.04 Å². The maximum atomic E-state index is 12.4. The molecule has 0 bridgehead atoms. The van der Waals surface area contributed by atoms with Gasteiger partial charge in [0.25, 0.3) is 0 Å². The summed E-state index contributed by atoms with van der Waals surface area (Å²) in [6.45, 7) is 0.563. The molecule has 0 saturated carbocycles. The molecule has 0 radical (unpaired) electrons. The number of carbonyl (C=O) groups is 1. The molecule has 146 valence electrons. The minimum Gasteiger partial charge on any atom is -0.349 e. The molecule has 1 aromatic heterocycles. The predicted molar refractivity (Wildman–Crippen MR) is 110 cm³/mol. The quantitative estimate of drug-likeness (QED) is 0.542. The highest BCUT2D eigenvalue weighted by Crippen LogP contribution is 2.19. The lowest BCUT2D eigenvalue weighted by Crippen LogP contribution is -3.07. The Morgan fingerprint density at radius 2 is 1.89 bits per heavy atom. The molecule has 0 saturated heterocycles. The highest BCUT2D eigenvalue weighted by Gasteiger charge is 2.19. The van der Waals surface area contributed by atoms with Crippen LogP contribution < -0.4 is 10.2 Å². The molecular weight excluding hydrogens is 396 g/mol. The number of carbonyl (C=O) groups excluding carboxylic acids is 1. The van der Waals surface area contributed by atoms with Crippen LogP contribution in [0.2, 0.25) is 5.02 Å². The van der Waals surface area contributed by atoms with Crippen LogP contribution in [-0.2, 0) is 4.79 Å². The van der Waals surface area contributed by atoms with Gasteiger partial charge in [0.2, 0.25) is 11.1 Å². The number of aromatic nitrogens is 4. The van der Waals surface area contributed by atoms with Crippen molar-refractivity contribution in [1.29, 1.82) is 0 Å². The summed E-state index contributed by atoms with van der Waals surface area (Å²) < 4.78 is 1.59. The molecule has 0 fully saturated rings. The molecule has 2 aromatic carbocycles. The minimum atomic E-state index is -0.0576. The molecule has 0 unspecified atom stereocenters. The van der Waals surface area contributed by atoms with Crippen LogP contribution in [0.15, 0.2) is 59.8 Å². The van der Waals surface area contributed by atoms with Gasteiger partial charge >= 0.3 is 0 Å². The summed E-state index contributed by atoms with van der Waals surface area (Å²) in [5.74, 6) is 0.177. The first-order valence-electron chi connectivity index (χ1n) is 8.83. The van der Waals surface area contributed by atoms with E-state index in [-0.39, 0.29) is 17.7 Å². The highest BCUT2D eigenvalue weighted by molar-refractivity contribution is 7.99. The van der Waals surface area contributed by atoms with Crippen molar-refractivity contribution < 1.29 is 9.69 Å². The average molecular weight is 418 g/mol. The fourth-order valence-corrected chi connectivity index (χ4v) is 3.60. The number of thioether (sulfide) groups is 1. The van der Waals surface area contributed by atoms with E-state index in [4.69, 9.17) is 11.6 Å². The Balaban J connectivity index is 1.56.